The molecular formula is C14H18BrClN2O3. The molecule has 0 unspecified atom stereocenters. The fraction of sp³-hybridized carbons (Fsp3) is 0.500. The summed E-state index contributed by atoms with van der Waals surface area (Å²) < 4.78 is 11.5. The highest BCUT2D eigenvalue weighted by atomic mass is 79.9. The van der Waals surface area contributed by atoms with Gasteiger partial charge in [-0.05, 0) is 48.0 Å². The van der Waals surface area contributed by atoms with Gasteiger partial charge in [-0.1, -0.05) is 0 Å². The molecule has 1 N–H and O–H groups in total. The number of ether oxygens (including phenoxy) is 2. The van der Waals surface area contributed by atoms with Gasteiger partial charge in [0.05, 0.1) is 4.47 Å². The molecule has 2 aliphatic rings. The van der Waals surface area contributed by atoms with E-state index in [4.69, 9.17) is 9.47 Å². The summed E-state index contributed by atoms with van der Waals surface area (Å²) in [6.07, 6.45) is 1.99. The second-order valence-corrected chi connectivity index (χ2v) is 5.90. The lowest BCUT2D eigenvalue weighted by molar-refractivity contribution is 0.0707. The summed E-state index contributed by atoms with van der Waals surface area (Å²) in [5.41, 5.74) is 0.643. The average Bonchev–Trinajstić information content (AvgIpc) is 2.95. The van der Waals surface area contributed by atoms with E-state index >= 15 is 0 Å². The molecule has 1 aromatic rings. The zero-order valence-electron chi connectivity index (χ0n) is 11.7. The van der Waals surface area contributed by atoms with Crippen molar-refractivity contribution in [1.82, 2.24) is 10.2 Å². The number of amides is 1. The van der Waals surface area contributed by atoms with Gasteiger partial charge in [0.1, 0.15) is 0 Å². The normalized spacial score (nSPS) is 17.5. The van der Waals surface area contributed by atoms with E-state index in [9.17, 15) is 4.79 Å². The fourth-order valence-corrected chi connectivity index (χ4v) is 3.20. The summed E-state index contributed by atoms with van der Waals surface area (Å²) in [7, 11) is 1.97. The van der Waals surface area contributed by atoms with Crippen LogP contribution in [-0.2, 0) is 0 Å². The monoisotopic (exact) mass is 376 g/mol. The fourth-order valence-electron chi connectivity index (χ4n) is 2.64. The maximum Gasteiger partial charge on any atom is 0.254 e. The molecule has 3 rings (SSSR count). The van der Waals surface area contributed by atoms with Crippen LogP contribution in [0.5, 0.6) is 11.5 Å². The molecule has 5 nitrogen and oxygen atoms in total. The number of halogens is 2. The number of hydrogen-bond donors (Lipinski definition) is 1. The molecule has 7 heteroatoms. The topological polar surface area (TPSA) is 50.8 Å². The molecule has 0 aliphatic carbocycles. The van der Waals surface area contributed by atoms with Gasteiger partial charge >= 0.3 is 0 Å². The Kier molecular flexibility index (Phi) is 5.35. The van der Waals surface area contributed by atoms with Gasteiger partial charge in [-0.15, -0.1) is 12.4 Å². The number of nitrogens with zero attached hydrogens (tertiary/aromatic N) is 1. The van der Waals surface area contributed by atoms with Crippen LogP contribution in [0.2, 0.25) is 0 Å². The van der Waals surface area contributed by atoms with Crippen molar-refractivity contribution < 1.29 is 14.3 Å². The predicted molar refractivity (Wildman–Crippen MR) is 85.5 cm³/mol. The molecule has 0 bridgehead atoms. The number of hydrogen-bond acceptors (Lipinski definition) is 4. The molecule has 0 radical (unpaired) electrons. The highest BCUT2D eigenvalue weighted by molar-refractivity contribution is 9.10. The summed E-state index contributed by atoms with van der Waals surface area (Å²) in [5.74, 6) is 1.36. The van der Waals surface area contributed by atoms with Crippen LogP contribution in [0.1, 0.15) is 23.2 Å². The third kappa shape index (κ3) is 3.27. The summed E-state index contributed by atoms with van der Waals surface area (Å²) in [6, 6.07) is 4.09. The summed E-state index contributed by atoms with van der Waals surface area (Å²) in [6.45, 7) is 1.78. The van der Waals surface area contributed by atoms with Crippen LogP contribution in [0.15, 0.2) is 16.6 Å². The Morgan fingerprint density at radius 2 is 2.05 bits per heavy atom. The van der Waals surface area contributed by atoms with Crippen LogP contribution in [0.4, 0.5) is 0 Å². The third-order valence-corrected chi connectivity index (χ3v) is 4.45. The van der Waals surface area contributed by atoms with E-state index in [1.165, 1.54) is 0 Å². The maximum atomic E-state index is 12.5. The van der Waals surface area contributed by atoms with Gasteiger partial charge in [-0.25, -0.2) is 0 Å². The number of piperidine rings is 1. The Bertz CT molecular complexity index is 533. The van der Waals surface area contributed by atoms with E-state index in [1.807, 2.05) is 11.9 Å². The zero-order valence-corrected chi connectivity index (χ0v) is 14.1. The van der Waals surface area contributed by atoms with Gasteiger partial charge < -0.3 is 19.7 Å². The Labute approximate surface area is 138 Å². The molecule has 2 aliphatic heterocycles. The number of carbonyl (C=O) groups is 1. The number of rotatable bonds is 2. The minimum absolute atomic E-state index is 0. The molecule has 0 atom stereocenters. The van der Waals surface area contributed by atoms with Gasteiger partial charge in [0.2, 0.25) is 6.79 Å². The van der Waals surface area contributed by atoms with Crippen molar-refractivity contribution in [3.63, 3.8) is 0 Å². The Balaban J connectivity index is 0.00000161. The molecule has 0 spiro atoms. The van der Waals surface area contributed by atoms with Crippen LogP contribution >= 0.6 is 28.3 Å². The van der Waals surface area contributed by atoms with Crippen molar-refractivity contribution in [3.8, 4) is 11.5 Å². The second kappa shape index (κ2) is 6.85. The molecule has 2 heterocycles. The molecule has 116 valence electrons. The van der Waals surface area contributed by atoms with Crippen LogP contribution in [-0.4, -0.2) is 43.8 Å². The van der Waals surface area contributed by atoms with Crippen LogP contribution < -0.4 is 14.8 Å². The highest BCUT2D eigenvalue weighted by Crippen LogP contribution is 2.40. The standard InChI is InChI=1S/C14H17BrN2O3.ClH/c1-16-10-2-4-17(5-3-10)14(18)9-6-11(15)13-12(7-9)19-8-20-13;/h6-7,10,16H,2-5,8H2,1H3;1H. The van der Waals surface area contributed by atoms with Gasteiger partial charge in [0.15, 0.2) is 11.5 Å². The predicted octanol–water partition coefficient (Wildman–Crippen LogP) is 2.42. The number of likely N-dealkylation sites (tertiary alicyclic amines) is 1. The van der Waals surface area contributed by atoms with Crippen LogP contribution in [0, 0.1) is 0 Å². The first-order valence-electron chi connectivity index (χ1n) is 6.74. The minimum atomic E-state index is 0. The van der Waals surface area contributed by atoms with E-state index in [-0.39, 0.29) is 25.1 Å². The first kappa shape index (κ1) is 16.4. The van der Waals surface area contributed by atoms with Crippen molar-refractivity contribution in [3.05, 3.63) is 22.2 Å². The van der Waals surface area contributed by atoms with Gasteiger partial charge in [-0.3, -0.25) is 4.79 Å². The molecule has 1 aromatic carbocycles. The molecule has 1 fully saturated rings. The van der Waals surface area contributed by atoms with Crippen molar-refractivity contribution >= 4 is 34.2 Å². The first-order valence-corrected chi connectivity index (χ1v) is 7.54. The lowest BCUT2D eigenvalue weighted by Crippen LogP contribution is -2.43. The maximum absolute atomic E-state index is 12.5. The SMILES string of the molecule is CNC1CCN(C(=O)c2cc(Br)c3c(c2)OCO3)CC1.Cl. The first-order chi connectivity index (χ1) is 9.69. The Morgan fingerprint density at radius 1 is 1.33 bits per heavy atom. The van der Waals surface area contributed by atoms with Gasteiger partial charge in [-0.2, -0.15) is 0 Å². The van der Waals surface area contributed by atoms with Crippen molar-refractivity contribution in [1.29, 1.82) is 0 Å². The highest BCUT2D eigenvalue weighted by Gasteiger charge is 2.25. The van der Waals surface area contributed by atoms with Gasteiger partial charge in [0.25, 0.3) is 5.91 Å². The van der Waals surface area contributed by atoms with Crippen molar-refractivity contribution in [2.24, 2.45) is 0 Å². The Morgan fingerprint density at radius 3 is 2.71 bits per heavy atom. The van der Waals surface area contributed by atoms with E-state index < -0.39 is 0 Å². The largest absolute Gasteiger partial charge is 0.454 e. The molecule has 1 amide bonds. The number of nitrogens with one attached hydrogen (secondary N) is 1. The lowest BCUT2D eigenvalue weighted by Gasteiger charge is -2.31. The Hall–Kier alpha value is -0.980. The van der Waals surface area contributed by atoms with E-state index in [0.29, 0.717) is 23.1 Å². The molecule has 0 saturated carbocycles. The third-order valence-electron chi connectivity index (χ3n) is 3.86. The van der Waals surface area contributed by atoms with E-state index in [2.05, 4.69) is 21.2 Å². The van der Waals surface area contributed by atoms with Gasteiger partial charge in [0, 0.05) is 24.7 Å². The number of benzene rings is 1. The van der Waals surface area contributed by atoms with Crippen molar-refractivity contribution in [2.75, 3.05) is 26.9 Å². The lowest BCUT2D eigenvalue weighted by atomic mass is 10.0. The zero-order chi connectivity index (χ0) is 14.1. The van der Waals surface area contributed by atoms with E-state index in [1.54, 1.807) is 12.1 Å². The number of carbonyl (C=O) groups excluding carboxylic acids is 1. The summed E-state index contributed by atoms with van der Waals surface area (Å²) >= 11 is 3.43. The quantitative estimate of drug-likeness (QED) is 0.860. The smallest absolute Gasteiger partial charge is 0.254 e. The molecular weight excluding hydrogens is 360 g/mol. The molecule has 21 heavy (non-hydrogen) atoms. The van der Waals surface area contributed by atoms with Crippen molar-refractivity contribution in [2.45, 2.75) is 18.9 Å². The molecule has 0 aromatic heterocycles. The summed E-state index contributed by atoms with van der Waals surface area (Å²) in [4.78, 5) is 14.4. The molecule has 1 saturated heterocycles. The number of fused-ring (bicyclic) bond motifs is 1. The van der Waals surface area contributed by atoms with Crippen LogP contribution in [0.3, 0.4) is 0 Å². The minimum Gasteiger partial charge on any atom is -0.454 e. The average molecular weight is 378 g/mol. The second-order valence-electron chi connectivity index (χ2n) is 5.05. The van der Waals surface area contributed by atoms with E-state index in [0.717, 1.165) is 30.4 Å². The summed E-state index contributed by atoms with van der Waals surface area (Å²) in [5, 5.41) is 3.26. The van der Waals surface area contributed by atoms with Crippen LogP contribution in [0.25, 0.3) is 0 Å².